The standard InChI is InChI=1S/C13H16.C2H6/c1-5-7-13-11(4)9-8-10(3)12(13)6-2;1-2/h5-9H,1H2,2-4H3;1-2H3/b12-6-,13-7-;. The lowest BCUT2D eigenvalue weighted by molar-refractivity contribution is 1.30. The Kier molecular flexibility index (Phi) is 6.44. The molecule has 15 heavy (non-hydrogen) atoms. The van der Waals surface area contributed by atoms with E-state index in [0.717, 1.165) is 0 Å². The summed E-state index contributed by atoms with van der Waals surface area (Å²) in [4.78, 5) is 0. The van der Waals surface area contributed by atoms with Gasteiger partial charge in [-0.25, -0.2) is 0 Å². The Morgan fingerprint density at radius 1 is 1.00 bits per heavy atom. The first kappa shape index (κ1) is 13.7. The molecule has 0 radical (unpaired) electrons. The van der Waals surface area contributed by atoms with E-state index < -0.39 is 0 Å². The Morgan fingerprint density at radius 2 is 1.47 bits per heavy atom. The predicted molar refractivity (Wildman–Crippen MR) is 71.3 cm³/mol. The van der Waals surface area contributed by atoms with Crippen LogP contribution in [0.25, 0.3) is 12.2 Å². The first-order valence-electron chi connectivity index (χ1n) is 5.56. The molecule has 1 rings (SSSR count). The molecule has 0 aliphatic carbocycles. The molecule has 0 heterocycles. The van der Waals surface area contributed by atoms with Gasteiger partial charge in [0.25, 0.3) is 0 Å². The molecule has 0 bridgehead atoms. The van der Waals surface area contributed by atoms with Crippen LogP contribution in [-0.4, -0.2) is 0 Å². The number of allylic oxidation sites excluding steroid dienone is 1. The molecule has 0 N–H and O–H groups in total. The molecular weight excluding hydrogens is 180 g/mol. The highest BCUT2D eigenvalue weighted by molar-refractivity contribution is 5.43. The molecule has 0 heteroatoms. The monoisotopic (exact) mass is 202 g/mol. The second kappa shape index (κ2) is 7.05. The van der Waals surface area contributed by atoms with Gasteiger partial charge in [-0.3, -0.25) is 0 Å². The van der Waals surface area contributed by atoms with Gasteiger partial charge in [0.1, 0.15) is 0 Å². The SMILES string of the molecule is C=C/C=c1/c(C)ccc(C)/c1=C/C.CC. The number of rotatable bonds is 1. The van der Waals surface area contributed by atoms with E-state index in [0.29, 0.717) is 0 Å². The fourth-order valence-electron chi connectivity index (χ4n) is 1.58. The highest BCUT2D eigenvalue weighted by atomic mass is 14.0. The van der Waals surface area contributed by atoms with E-state index in [4.69, 9.17) is 0 Å². The van der Waals surface area contributed by atoms with E-state index in [1.165, 1.54) is 21.6 Å². The van der Waals surface area contributed by atoms with Crippen molar-refractivity contribution < 1.29 is 0 Å². The van der Waals surface area contributed by atoms with Crippen LogP contribution < -0.4 is 10.4 Å². The fraction of sp³-hybridized carbons (Fsp3) is 0.333. The Balaban J connectivity index is 0.000000921. The number of hydrogen-bond donors (Lipinski definition) is 0. The number of hydrogen-bond acceptors (Lipinski definition) is 0. The van der Waals surface area contributed by atoms with Crippen LogP contribution >= 0.6 is 0 Å². The highest BCUT2D eigenvalue weighted by Crippen LogP contribution is 1.90. The summed E-state index contributed by atoms with van der Waals surface area (Å²) in [5.41, 5.74) is 2.62. The van der Waals surface area contributed by atoms with Crippen LogP contribution in [0.1, 0.15) is 31.9 Å². The van der Waals surface area contributed by atoms with Crippen LogP contribution in [-0.2, 0) is 0 Å². The van der Waals surface area contributed by atoms with E-state index >= 15 is 0 Å². The van der Waals surface area contributed by atoms with Gasteiger partial charge in [-0.15, -0.1) is 0 Å². The average molecular weight is 202 g/mol. The maximum Gasteiger partial charge on any atom is -0.0156 e. The second-order valence-corrected chi connectivity index (χ2v) is 3.22. The smallest absolute Gasteiger partial charge is 0.0156 e. The van der Waals surface area contributed by atoms with Crippen LogP contribution in [0, 0.1) is 13.8 Å². The zero-order chi connectivity index (χ0) is 11.8. The van der Waals surface area contributed by atoms with Gasteiger partial charge >= 0.3 is 0 Å². The van der Waals surface area contributed by atoms with E-state index in [9.17, 15) is 0 Å². The van der Waals surface area contributed by atoms with Gasteiger partial charge in [0.05, 0.1) is 0 Å². The zero-order valence-electron chi connectivity index (χ0n) is 10.6. The van der Waals surface area contributed by atoms with Crippen molar-refractivity contribution in [1.29, 1.82) is 0 Å². The summed E-state index contributed by atoms with van der Waals surface area (Å²) in [6, 6.07) is 4.31. The van der Waals surface area contributed by atoms with Crippen molar-refractivity contribution in [2.75, 3.05) is 0 Å². The summed E-state index contributed by atoms with van der Waals surface area (Å²) in [5, 5.41) is 2.61. The predicted octanol–water partition coefficient (Wildman–Crippen LogP) is 3.10. The zero-order valence-corrected chi connectivity index (χ0v) is 10.6. The summed E-state index contributed by atoms with van der Waals surface area (Å²) in [6.07, 6.45) is 6.06. The lowest BCUT2D eigenvalue weighted by atomic mass is 10.1. The molecule has 82 valence electrons. The minimum atomic E-state index is 1.29. The molecule has 0 aliphatic heterocycles. The quantitative estimate of drug-likeness (QED) is 0.656. The summed E-state index contributed by atoms with van der Waals surface area (Å²) in [5.74, 6) is 0. The van der Waals surface area contributed by atoms with E-state index in [1.807, 2.05) is 19.9 Å². The molecule has 0 spiro atoms. The summed E-state index contributed by atoms with van der Waals surface area (Å²) < 4.78 is 0. The molecule has 0 unspecified atom stereocenters. The van der Waals surface area contributed by atoms with Crippen LogP contribution in [0.5, 0.6) is 0 Å². The van der Waals surface area contributed by atoms with Crippen molar-refractivity contribution in [2.24, 2.45) is 0 Å². The lowest BCUT2D eigenvalue weighted by Crippen LogP contribution is -2.29. The van der Waals surface area contributed by atoms with E-state index in [1.54, 1.807) is 0 Å². The Morgan fingerprint density at radius 3 is 1.87 bits per heavy atom. The van der Waals surface area contributed by atoms with E-state index in [2.05, 4.69) is 51.6 Å². The Labute approximate surface area is 93.7 Å². The molecule has 0 saturated carbocycles. The van der Waals surface area contributed by atoms with Gasteiger partial charge in [-0.05, 0) is 42.3 Å². The highest BCUT2D eigenvalue weighted by Gasteiger charge is 1.92. The first-order chi connectivity index (χ1) is 7.20. The number of aryl methyl sites for hydroxylation is 2. The third-order valence-electron chi connectivity index (χ3n) is 2.30. The van der Waals surface area contributed by atoms with Crippen molar-refractivity contribution in [2.45, 2.75) is 34.6 Å². The van der Waals surface area contributed by atoms with Gasteiger partial charge < -0.3 is 0 Å². The summed E-state index contributed by atoms with van der Waals surface area (Å²) in [7, 11) is 0. The van der Waals surface area contributed by atoms with Crippen LogP contribution in [0.4, 0.5) is 0 Å². The van der Waals surface area contributed by atoms with Gasteiger partial charge in [0, 0.05) is 0 Å². The fourth-order valence-corrected chi connectivity index (χ4v) is 1.58. The molecule has 0 amide bonds. The van der Waals surface area contributed by atoms with Crippen LogP contribution in [0.3, 0.4) is 0 Å². The van der Waals surface area contributed by atoms with Gasteiger partial charge in [-0.1, -0.05) is 50.8 Å². The largest absolute Gasteiger partial charge is 0.0990 e. The normalized spacial score (nSPS) is 12.1. The van der Waals surface area contributed by atoms with Crippen molar-refractivity contribution in [3.05, 3.63) is 46.4 Å². The third kappa shape index (κ3) is 3.39. The van der Waals surface area contributed by atoms with Crippen molar-refractivity contribution >= 4 is 12.2 Å². The minimum Gasteiger partial charge on any atom is -0.0990 e. The van der Waals surface area contributed by atoms with Gasteiger partial charge in [0.2, 0.25) is 0 Å². The maximum atomic E-state index is 3.73. The summed E-state index contributed by atoms with van der Waals surface area (Å²) in [6.45, 7) is 14.1. The Bertz CT molecular complexity index is 422. The van der Waals surface area contributed by atoms with Crippen LogP contribution in [0.2, 0.25) is 0 Å². The van der Waals surface area contributed by atoms with Gasteiger partial charge in [0.15, 0.2) is 0 Å². The molecule has 0 atom stereocenters. The third-order valence-corrected chi connectivity index (χ3v) is 2.30. The number of benzene rings is 1. The Hall–Kier alpha value is -1.30. The van der Waals surface area contributed by atoms with E-state index in [-0.39, 0.29) is 0 Å². The molecule has 1 aromatic rings. The molecule has 0 aromatic heterocycles. The van der Waals surface area contributed by atoms with Crippen molar-refractivity contribution in [3.63, 3.8) is 0 Å². The van der Waals surface area contributed by atoms with Crippen molar-refractivity contribution in [3.8, 4) is 0 Å². The summed E-state index contributed by atoms with van der Waals surface area (Å²) >= 11 is 0. The first-order valence-corrected chi connectivity index (χ1v) is 5.56. The molecular formula is C15H22. The van der Waals surface area contributed by atoms with Crippen molar-refractivity contribution in [1.82, 2.24) is 0 Å². The maximum absolute atomic E-state index is 3.73. The minimum absolute atomic E-state index is 1.29. The molecule has 0 nitrogen and oxygen atoms in total. The molecule has 0 aliphatic rings. The van der Waals surface area contributed by atoms with Crippen LogP contribution in [0.15, 0.2) is 24.8 Å². The second-order valence-electron chi connectivity index (χ2n) is 3.22. The molecule has 0 fully saturated rings. The molecule has 0 saturated heterocycles. The lowest BCUT2D eigenvalue weighted by Gasteiger charge is -1.99. The topological polar surface area (TPSA) is 0 Å². The average Bonchev–Trinajstić information content (AvgIpc) is 2.27. The van der Waals surface area contributed by atoms with Gasteiger partial charge in [-0.2, -0.15) is 0 Å². The molecule has 1 aromatic carbocycles.